The SMILES string of the molecule is COCCN(C(=O)C(C)C)c1nnc(-c2ccc(C)cc2)s1. The summed E-state index contributed by atoms with van der Waals surface area (Å²) in [5, 5.41) is 9.84. The fourth-order valence-electron chi connectivity index (χ4n) is 1.93. The molecule has 0 aliphatic rings. The van der Waals surface area contributed by atoms with Crippen LogP contribution in [0.15, 0.2) is 24.3 Å². The van der Waals surface area contributed by atoms with E-state index in [1.165, 1.54) is 16.9 Å². The zero-order chi connectivity index (χ0) is 16.1. The molecular weight excluding hydrogens is 298 g/mol. The number of anilines is 1. The van der Waals surface area contributed by atoms with Crippen molar-refractivity contribution < 1.29 is 9.53 Å². The fraction of sp³-hybridized carbons (Fsp3) is 0.438. The summed E-state index contributed by atoms with van der Waals surface area (Å²) in [6.07, 6.45) is 0. The number of amides is 1. The van der Waals surface area contributed by atoms with Crippen LogP contribution >= 0.6 is 11.3 Å². The van der Waals surface area contributed by atoms with E-state index < -0.39 is 0 Å². The van der Waals surface area contributed by atoms with Gasteiger partial charge in [-0.2, -0.15) is 0 Å². The number of hydrogen-bond acceptors (Lipinski definition) is 5. The van der Waals surface area contributed by atoms with E-state index in [4.69, 9.17) is 4.74 Å². The van der Waals surface area contributed by atoms with Gasteiger partial charge < -0.3 is 4.74 Å². The summed E-state index contributed by atoms with van der Waals surface area (Å²) in [7, 11) is 1.62. The van der Waals surface area contributed by atoms with E-state index in [0.717, 1.165) is 10.6 Å². The van der Waals surface area contributed by atoms with Crippen LogP contribution in [0.5, 0.6) is 0 Å². The van der Waals surface area contributed by atoms with Gasteiger partial charge >= 0.3 is 0 Å². The van der Waals surface area contributed by atoms with Crippen molar-refractivity contribution >= 4 is 22.4 Å². The van der Waals surface area contributed by atoms with E-state index in [1.54, 1.807) is 12.0 Å². The number of aromatic nitrogens is 2. The molecule has 0 fully saturated rings. The van der Waals surface area contributed by atoms with Crippen molar-refractivity contribution in [2.45, 2.75) is 20.8 Å². The van der Waals surface area contributed by atoms with Crippen molar-refractivity contribution in [1.82, 2.24) is 10.2 Å². The van der Waals surface area contributed by atoms with E-state index in [9.17, 15) is 4.79 Å². The summed E-state index contributed by atoms with van der Waals surface area (Å²) < 4.78 is 5.09. The summed E-state index contributed by atoms with van der Waals surface area (Å²) in [5.41, 5.74) is 2.21. The van der Waals surface area contributed by atoms with E-state index >= 15 is 0 Å². The highest BCUT2D eigenvalue weighted by atomic mass is 32.1. The lowest BCUT2D eigenvalue weighted by molar-refractivity contribution is -0.121. The molecule has 22 heavy (non-hydrogen) atoms. The summed E-state index contributed by atoms with van der Waals surface area (Å²) in [5.74, 6) is -0.0627. The first kappa shape index (κ1) is 16.6. The van der Waals surface area contributed by atoms with Crippen LogP contribution in [-0.4, -0.2) is 36.4 Å². The van der Waals surface area contributed by atoms with Gasteiger partial charge in [-0.1, -0.05) is 55.0 Å². The van der Waals surface area contributed by atoms with Gasteiger partial charge in [0.1, 0.15) is 5.01 Å². The largest absolute Gasteiger partial charge is 0.383 e. The Balaban J connectivity index is 2.25. The highest BCUT2D eigenvalue weighted by Gasteiger charge is 2.22. The van der Waals surface area contributed by atoms with Crippen LogP contribution in [0.4, 0.5) is 5.13 Å². The molecule has 0 saturated carbocycles. The van der Waals surface area contributed by atoms with Gasteiger partial charge in [0.15, 0.2) is 0 Å². The van der Waals surface area contributed by atoms with E-state index in [1.807, 2.05) is 45.0 Å². The normalized spacial score (nSPS) is 11.0. The Bertz CT molecular complexity index is 623. The van der Waals surface area contributed by atoms with Crippen LogP contribution in [0.2, 0.25) is 0 Å². The first-order valence-corrected chi connectivity index (χ1v) is 8.05. The van der Waals surface area contributed by atoms with Gasteiger partial charge in [0.25, 0.3) is 0 Å². The molecule has 0 atom stereocenters. The Labute approximate surface area is 134 Å². The van der Waals surface area contributed by atoms with E-state index in [-0.39, 0.29) is 11.8 Å². The third-order valence-corrected chi connectivity index (χ3v) is 4.22. The van der Waals surface area contributed by atoms with Gasteiger partial charge in [-0.3, -0.25) is 9.69 Å². The Morgan fingerprint density at radius 3 is 2.55 bits per heavy atom. The molecule has 2 rings (SSSR count). The molecule has 0 radical (unpaired) electrons. The van der Waals surface area contributed by atoms with Gasteiger partial charge in [0, 0.05) is 18.6 Å². The summed E-state index contributed by atoms with van der Waals surface area (Å²) in [6.45, 7) is 6.76. The first-order chi connectivity index (χ1) is 10.5. The first-order valence-electron chi connectivity index (χ1n) is 7.23. The third-order valence-electron chi connectivity index (χ3n) is 3.22. The molecule has 0 saturated heterocycles. The number of hydrogen-bond donors (Lipinski definition) is 0. The van der Waals surface area contributed by atoms with Gasteiger partial charge in [0.2, 0.25) is 11.0 Å². The van der Waals surface area contributed by atoms with Crippen LogP contribution < -0.4 is 4.90 Å². The van der Waals surface area contributed by atoms with Crippen LogP contribution in [0, 0.1) is 12.8 Å². The lowest BCUT2D eigenvalue weighted by atomic mass is 10.2. The molecule has 5 nitrogen and oxygen atoms in total. The monoisotopic (exact) mass is 319 g/mol. The molecule has 2 aromatic rings. The minimum Gasteiger partial charge on any atom is -0.383 e. The van der Waals surface area contributed by atoms with E-state index in [2.05, 4.69) is 10.2 Å². The minimum absolute atomic E-state index is 0.0312. The lowest BCUT2D eigenvalue weighted by Crippen LogP contribution is -2.36. The molecule has 0 N–H and O–H groups in total. The highest BCUT2D eigenvalue weighted by molar-refractivity contribution is 7.18. The number of rotatable bonds is 6. The van der Waals surface area contributed by atoms with E-state index in [0.29, 0.717) is 18.3 Å². The van der Waals surface area contributed by atoms with Crippen molar-refractivity contribution in [2.75, 3.05) is 25.2 Å². The molecule has 0 aliphatic carbocycles. The highest BCUT2D eigenvalue weighted by Crippen LogP contribution is 2.29. The fourth-order valence-corrected chi connectivity index (χ4v) is 2.81. The minimum atomic E-state index is -0.0939. The zero-order valence-electron chi connectivity index (χ0n) is 13.4. The number of benzene rings is 1. The molecule has 0 unspecified atom stereocenters. The molecule has 1 heterocycles. The Hall–Kier alpha value is -1.79. The number of carbonyl (C=O) groups is 1. The van der Waals surface area contributed by atoms with Crippen LogP contribution in [0.25, 0.3) is 10.6 Å². The standard InChI is InChI=1S/C16H21N3O2S/c1-11(2)15(20)19(9-10-21-4)16-18-17-14(22-16)13-7-5-12(3)6-8-13/h5-8,11H,9-10H2,1-4H3. The van der Waals surface area contributed by atoms with Crippen molar-refractivity contribution in [3.8, 4) is 10.6 Å². The topological polar surface area (TPSA) is 55.3 Å². The van der Waals surface area contributed by atoms with Crippen LogP contribution in [0.1, 0.15) is 19.4 Å². The average molecular weight is 319 g/mol. The molecule has 0 spiro atoms. The predicted octanol–water partition coefficient (Wildman–Crippen LogP) is 3.15. The Morgan fingerprint density at radius 1 is 1.27 bits per heavy atom. The second kappa shape index (κ2) is 7.47. The number of carbonyl (C=O) groups excluding carboxylic acids is 1. The zero-order valence-corrected chi connectivity index (χ0v) is 14.2. The molecule has 1 amide bonds. The summed E-state index contributed by atoms with van der Waals surface area (Å²) in [6, 6.07) is 8.11. The summed E-state index contributed by atoms with van der Waals surface area (Å²) in [4.78, 5) is 14.0. The van der Waals surface area contributed by atoms with Crippen molar-refractivity contribution in [3.63, 3.8) is 0 Å². The molecule has 0 bridgehead atoms. The maximum absolute atomic E-state index is 12.3. The molecule has 0 aliphatic heterocycles. The average Bonchev–Trinajstić information content (AvgIpc) is 2.97. The molecule has 6 heteroatoms. The van der Waals surface area contributed by atoms with Gasteiger partial charge in [-0.25, -0.2) is 0 Å². The molecular formula is C16H21N3O2S. The molecule has 118 valence electrons. The van der Waals surface area contributed by atoms with Gasteiger partial charge in [0.05, 0.1) is 13.2 Å². The lowest BCUT2D eigenvalue weighted by Gasteiger charge is -2.20. The second-order valence-electron chi connectivity index (χ2n) is 5.39. The van der Waals surface area contributed by atoms with Crippen molar-refractivity contribution in [2.24, 2.45) is 5.92 Å². The Morgan fingerprint density at radius 2 is 1.95 bits per heavy atom. The quantitative estimate of drug-likeness (QED) is 0.821. The predicted molar refractivity (Wildman–Crippen MR) is 89.1 cm³/mol. The molecule has 1 aromatic carbocycles. The maximum atomic E-state index is 12.3. The number of nitrogens with zero attached hydrogens (tertiary/aromatic N) is 3. The number of aryl methyl sites for hydroxylation is 1. The van der Waals surface area contributed by atoms with Crippen LogP contribution in [0.3, 0.4) is 0 Å². The number of ether oxygens (including phenoxy) is 1. The third kappa shape index (κ3) is 3.90. The van der Waals surface area contributed by atoms with Gasteiger partial charge in [-0.05, 0) is 6.92 Å². The maximum Gasteiger partial charge on any atom is 0.231 e. The summed E-state index contributed by atoms with van der Waals surface area (Å²) >= 11 is 1.42. The van der Waals surface area contributed by atoms with Crippen LogP contribution in [-0.2, 0) is 9.53 Å². The van der Waals surface area contributed by atoms with Gasteiger partial charge in [-0.15, -0.1) is 10.2 Å². The van der Waals surface area contributed by atoms with Crippen molar-refractivity contribution in [3.05, 3.63) is 29.8 Å². The second-order valence-corrected chi connectivity index (χ2v) is 6.35. The molecule has 1 aromatic heterocycles. The Kier molecular flexibility index (Phi) is 5.63. The van der Waals surface area contributed by atoms with Crippen molar-refractivity contribution in [1.29, 1.82) is 0 Å². The number of methoxy groups -OCH3 is 1. The smallest absolute Gasteiger partial charge is 0.231 e.